The summed E-state index contributed by atoms with van der Waals surface area (Å²) >= 11 is 0.978. The van der Waals surface area contributed by atoms with Crippen LogP contribution in [0.15, 0.2) is 42.7 Å². The van der Waals surface area contributed by atoms with Gasteiger partial charge in [0.15, 0.2) is 17.2 Å². The molecule has 1 N–H and O–H groups in total. The van der Waals surface area contributed by atoms with Crippen molar-refractivity contribution in [2.45, 2.75) is 6.92 Å². The number of carbonyl (C=O) groups is 1. The lowest BCUT2D eigenvalue weighted by Gasteiger charge is -2.10. The van der Waals surface area contributed by atoms with E-state index in [1.807, 2.05) is 25.1 Å². The summed E-state index contributed by atoms with van der Waals surface area (Å²) in [6, 6.07) is 8.98. The van der Waals surface area contributed by atoms with Crippen molar-refractivity contribution in [2.75, 3.05) is 12.4 Å². The van der Waals surface area contributed by atoms with Crippen LogP contribution in [0.5, 0.6) is 17.4 Å². The van der Waals surface area contributed by atoms with Gasteiger partial charge in [0.05, 0.1) is 36.9 Å². The number of hydrogen-bond donors (Lipinski definition) is 1. The molecule has 0 bridgehead atoms. The lowest BCUT2D eigenvalue weighted by Crippen LogP contribution is -2.12. The van der Waals surface area contributed by atoms with Crippen molar-refractivity contribution in [2.24, 2.45) is 0 Å². The van der Waals surface area contributed by atoms with Crippen molar-refractivity contribution in [3.63, 3.8) is 0 Å². The Morgan fingerprint density at radius 1 is 1.17 bits per heavy atom. The number of aromatic nitrogens is 3. The third kappa shape index (κ3) is 3.66. The molecule has 122 valence electrons. The number of hydrogen-bond acceptors (Lipinski definition) is 7. The van der Waals surface area contributed by atoms with Crippen LogP contribution < -0.4 is 14.8 Å². The number of ether oxygens (including phenoxy) is 2. The third-order valence-corrected chi connectivity index (χ3v) is 3.60. The number of nitrogens with zero attached hydrogens (tertiary/aromatic N) is 3. The van der Waals surface area contributed by atoms with E-state index in [1.54, 1.807) is 19.2 Å². The Morgan fingerprint density at radius 3 is 2.71 bits per heavy atom. The summed E-state index contributed by atoms with van der Waals surface area (Å²) in [4.78, 5) is 16.1. The van der Waals surface area contributed by atoms with E-state index in [4.69, 9.17) is 9.47 Å². The van der Waals surface area contributed by atoms with E-state index in [-0.39, 0.29) is 11.6 Å². The molecule has 2 aromatic heterocycles. The molecule has 3 rings (SSSR count). The molecular formula is C16H14N4O3S. The van der Waals surface area contributed by atoms with Gasteiger partial charge in [-0.2, -0.15) is 8.75 Å². The second-order valence-electron chi connectivity index (χ2n) is 4.89. The van der Waals surface area contributed by atoms with Gasteiger partial charge in [-0.3, -0.25) is 4.79 Å². The first kappa shape index (κ1) is 15.9. The number of aryl methyl sites for hydroxylation is 1. The first-order valence-corrected chi connectivity index (χ1v) is 7.76. The fourth-order valence-electron chi connectivity index (χ4n) is 1.95. The van der Waals surface area contributed by atoms with Crippen molar-refractivity contribution in [1.29, 1.82) is 0 Å². The fourth-order valence-corrected chi connectivity index (χ4v) is 2.36. The third-order valence-electron chi connectivity index (χ3n) is 3.12. The Kier molecular flexibility index (Phi) is 4.66. The molecule has 0 saturated heterocycles. The van der Waals surface area contributed by atoms with Crippen LogP contribution in [0.4, 0.5) is 5.69 Å². The summed E-state index contributed by atoms with van der Waals surface area (Å²) in [7, 11) is 1.58. The zero-order valence-corrected chi connectivity index (χ0v) is 13.8. The maximum atomic E-state index is 11.9. The van der Waals surface area contributed by atoms with Gasteiger partial charge in [-0.15, -0.1) is 0 Å². The number of methoxy groups -OCH3 is 1. The molecule has 0 unspecified atom stereocenters. The minimum absolute atomic E-state index is 0.268. The van der Waals surface area contributed by atoms with Gasteiger partial charge in [0.2, 0.25) is 5.88 Å². The highest BCUT2D eigenvalue weighted by Gasteiger charge is 2.10. The largest absolute Gasteiger partial charge is 0.493 e. The topological polar surface area (TPSA) is 86.2 Å². The van der Waals surface area contributed by atoms with Gasteiger partial charge in [-0.25, -0.2) is 4.98 Å². The van der Waals surface area contributed by atoms with E-state index >= 15 is 0 Å². The lowest BCUT2D eigenvalue weighted by atomic mass is 10.2. The van der Waals surface area contributed by atoms with Gasteiger partial charge in [0.1, 0.15) is 0 Å². The highest BCUT2D eigenvalue weighted by Crippen LogP contribution is 2.31. The van der Waals surface area contributed by atoms with E-state index in [0.717, 1.165) is 17.3 Å². The van der Waals surface area contributed by atoms with Gasteiger partial charge < -0.3 is 14.8 Å². The van der Waals surface area contributed by atoms with E-state index < -0.39 is 0 Å². The number of nitrogens with one attached hydrogen (secondary N) is 1. The van der Waals surface area contributed by atoms with Gasteiger partial charge in [0.25, 0.3) is 5.91 Å². The molecule has 1 amide bonds. The molecule has 0 aliphatic carbocycles. The van der Waals surface area contributed by atoms with Crippen LogP contribution in [-0.4, -0.2) is 26.7 Å². The maximum Gasteiger partial charge on any atom is 0.277 e. The molecule has 1 aromatic carbocycles. The molecule has 0 radical (unpaired) electrons. The summed E-state index contributed by atoms with van der Waals surface area (Å²) < 4.78 is 18.7. The summed E-state index contributed by atoms with van der Waals surface area (Å²) in [5.41, 5.74) is 1.88. The van der Waals surface area contributed by atoms with Gasteiger partial charge >= 0.3 is 0 Å². The summed E-state index contributed by atoms with van der Waals surface area (Å²) in [6.07, 6.45) is 2.92. The van der Waals surface area contributed by atoms with Crippen molar-refractivity contribution in [3.05, 3.63) is 54.0 Å². The van der Waals surface area contributed by atoms with Gasteiger partial charge in [-0.1, -0.05) is 6.07 Å². The molecule has 8 heteroatoms. The van der Waals surface area contributed by atoms with Crippen LogP contribution >= 0.6 is 11.7 Å². The number of carbonyl (C=O) groups excluding carboxylic acids is 1. The second-order valence-corrected chi connectivity index (χ2v) is 5.44. The average molecular weight is 342 g/mol. The minimum atomic E-state index is -0.334. The van der Waals surface area contributed by atoms with Gasteiger partial charge in [-0.05, 0) is 30.7 Å². The predicted octanol–water partition coefficient (Wildman–Crippen LogP) is 3.29. The van der Waals surface area contributed by atoms with E-state index in [2.05, 4.69) is 19.0 Å². The monoisotopic (exact) mass is 342 g/mol. The maximum absolute atomic E-state index is 11.9. The highest BCUT2D eigenvalue weighted by molar-refractivity contribution is 6.99. The Morgan fingerprint density at radius 2 is 2.04 bits per heavy atom. The predicted molar refractivity (Wildman–Crippen MR) is 89.9 cm³/mol. The normalized spacial score (nSPS) is 10.2. The molecule has 24 heavy (non-hydrogen) atoms. The van der Waals surface area contributed by atoms with Crippen molar-refractivity contribution in [3.8, 4) is 17.4 Å². The molecule has 2 heterocycles. The molecule has 0 aliphatic heterocycles. The number of pyridine rings is 1. The summed E-state index contributed by atoms with van der Waals surface area (Å²) in [6.45, 7) is 1.97. The molecule has 0 spiro atoms. The molecule has 0 atom stereocenters. The number of benzene rings is 1. The quantitative estimate of drug-likeness (QED) is 0.765. The smallest absolute Gasteiger partial charge is 0.277 e. The van der Waals surface area contributed by atoms with E-state index in [0.29, 0.717) is 23.1 Å². The minimum Gasteiger partial charge on any atom is -0.493 e. The van der Waals surface area contributed by atoms with Crippen LogP contribution in [-0.2, 0) is 0 Å². The lowest BCUT2D eigenvalue weighted by molar-refractivity contribution is 0.102. The second kappa shape index (κ2) is 7.05. The number of amides is 1. The van der Waals surface area contributed by atoms with Crippen LogP contribution in [0.2, 0.25) is 0 Å². The standard InChI is InChI=1S/C16H14N4O3S/c1-10-3-5-13(14(7-10)22-2)23-15-6-4-11(8-17-15)19-16(21)12-9-18-24-20-12/h3-9H,1-2H3,(H,19,21). The van der Waals surface area contributed by atoms with Gasteiger partial charge in [0, 0.05) is 6.07 Å². The first-order valence-electron chi connectivity index (χ1n) is 7.03. The Hall–Kier alpha value is -3.00. The molecule has 0 aliphatic rings. The Balaban J connectivity index is 1.70. The fraction of sp³-hybridized carbons (Fsp3) is 0.125. The van der Waals surface area contributed by atoms with Crippen molar-refractivity contribution >= 4 is 23.3 Å². The SMILES string of the molecule is COc1cc(C)ccc1Oc1ccc(NC(=O)c2cnsn2)cn1. The average Bonchev–Trinajstić information content (AvgIpc) is 3.13. The van der Waals surface area contributed by atoms with Crippen LogP contribution in [0, 0.1) is 6.92 Å². The highest BCUT2D eigenvalue weighted by atomic mass is 32.1. The van der Waals surface area contributed by atoms with Crippen LogP contribution in [0.3, 0.4) is 0 Å². The van der Waals surface area contributed by atoms with E-state index in [9.17, 15) is 4.79 Å². The van der Waals surface area contributed by atoms with E-state index in [1.165, 1.54) is 12.4 Å². The van der Waals surface area contributed by atoms with Crippen molar-refractivity contribution < 1.29 is 14.3 Å². The van der Waals surface area contributed by atoms with Crippen LogP contribution in [0.25, 0.3) is 0 Å². The first-order chi connectivity index (χ1) is 11.7. The Bertz CT molecular complexity index is 835. The molecule has 0 fully saturated rings. The zero-order chi connectivity index (χ0) is 16.9. The molecular weight excluding hydrogens is 328 g/mol. The number of rotatable bonds is 5. The zero-order valence-electron chi connectivity index (χ0n) is 13.0. The summed E-state index contributed by atoms with van der Waals surface area (Å²) in [5, 5.41) is 2.69. The Labute approximate surface area is 142 Å². The molecule has 7 nitrogen and oxygen atoms in total. The summed E-state index contributed by atoms with van der Waals surface area (Å²) in [5.74, 6) is 1.26. The molecule has 0 saturated carbocycles. The molecule has 3 aromatic rings. The van der Waals surface area contributed by atoms with Crippen molar-refractivity contribution in [1.82, 2.24) is 13.7 Å². The number of anilines is 1. The van der Waals surface area contributed by atoms with Crippen LogP contribution in [0.1, 0.15) is 16.1 Å².